The number of carbonyl (C=O) groups excluding carboxylic acids is 2. The van der Waals surface area contributed by atoms with E-state index in [2.05, 4.69) is 5.10 Å². The van der Waals surface area contributed by atoms with E-state index in [4.69, 9.17) is 5.73 Å². The van der Waals surface area contributed by atoms with Gasteiger partial charge in [0.05, 0.1) is 17.5 Å². The van der Waals surface area contributed by atoms with Gasteiger partial charge in [0.25, 0.3) is 0 Å². The predicted molar refractivity (Wildman–Crippen MR) is 77.4 cm³/mol. The number of amides is 2. The van der Waals surface area contributed by atoms with Gasteiger partial charge in [0.2, 0.25) is 11.8 Å². The predicted octanol–water partition coefficient (Wildman–Crippen LogP) is 0.564. The van der Waals surface area contributed by atoms with Crippen molar-refractivity contribution >= 4 is 11.8 Å². The number of fused-ring (bicyclic) bond motifs is 1. The van der Waals surface area contributed by atoms with E-state index in [9.17, 15) is 9.59 Å². The highest BCUT2D eigenvalue weighted by molar-refractivity contribution is 5.85. The summed E-state index contributed by atoms with van der Waals surface area (Å²) in [5.74, 6) is -0.457. The summed E-state index contributed by atoms with van der Waals surface area (Å²) in [6.45, 7) is 1.20. The molecule has 1 saturated heterocycles. The SMILES string of the molecule is Cn1cc2c(n1)CCC[C@@H]2C(=O)N1CCC[C@H](C(N)=O)C1. The van der Waals surface area contributed by atoms with E-state index in [1.807, 2.05) is 18.1 Å². The molecule has 1 aromatic heterocycles. The second-order valence-electron chi connectivity index (χ2n) is 6.18. The Kier molecular flexibility index (Phi) is 3.69. The molecule has 0 saturated carbocycles. The number of aromatic nitrogens is 2. The number of likely N-dealkylation sites (tertiary alicyclic amines) is 1. The summed E-state index contributed by atoms with van der Waals surface area (Å²) in [4.78, 5) is 26.0. The highest BCUT2D eigenvalue weighted by Gasteiger charge is 2.34. The largest absolute Gasteiger partial charge is 0.369 e. The fourth-order valence-corrected chi connectivity index (χ4v) is 3.55. The van der Waals surface area contributed by atoms with Crippen LogP contribution in [0.2, 0.25) is 0 Å². The summed E-state index contributed by atoms with van der Waals surface area (Å²) in [6, 6.07) is 0. The molecular weight excluding hydrogens is 268 g/mol. The zero-order valence-electron chi connectivity index (χ0n) is 12.4. The average Bonchev–Trinajstić information content (AvgIpc) is 2.86. The summed E-state index contributed by atoms with van der Waals surface area (Å²) >= 11 is 0. The summed E-state index contributed by atoms with van der Waals surface area (Å²) in [7, 11) is 1.89. The summed E-state index contributed by atoms with van der Waals surface area (Å²) in [5, 5.41) is 4.44. The highest BCUT2D eigenvalue weighted by atomic mass is 16.2. The zero-order chi connectivity index (χ0) is 15.0. The van der Waals surface area contributed by atoms with Crippen molar-refractivity contribution in [1.82, 2.24) is 14.7 Å². The van der Waals surface area contributed by atoms with Gasteiger partial charge in [-0.3, -0.25) is 14.3 Å². The lowest BCUT2D eigenvalue weighted by Gasteiger charge is -2.34. The number of hydrogen-bond donors (Lipinski definition) is 1. The molecule has 1 fully saturated rings. The molecule has 6 nitrogen and oxygen atoms in total. The van der Waals surface area contributed by atoms with Gasteiger partial charge in [-0.15, -0.1) is 0 Å². The molecule has 21 heavy (non-hydrogen) atoms. The Bertz CT molecular complexity index is 566. The molecule has 6 heteroatoms. The van der Waals surface area contributed by atoms with Gasteiger partial charge in [-0.25, -0.2) is 0 Å². The smallest absolute Gasteiger partial charge is 0.230 e. The van der Waals surface area contributed by atoms with E-state index >= 15 is 0 Å². The minimum Gasteiger partial charge on any atom is -0.369 e. The maximum absolute atomic E-state index is 12.8. The van der Waals surface area contributed by atoms with Crippen LogP contribution in [0.25, 0.3) is 0 Å². The lowest BCUT2D eigenvalue weighted by atomic mass is 9.85. The van der Waals surface area contributed by atoms with Crippen LogP contribution in [-0.4, -0.2) is 39.6 Å². The Morgan fingerprint density at radius 2 is 2.14 bits per heavy atom. The Morgan fingerprint density at radius 3 is 2.90 bits per heavy atom. The van der Waals surface area contributed by atoms with Crippen LogP contribution in [0, 0.1) is 5.92 Å². The van der Waals surface area contributed by atoms with Crippen molar-refractivity contribution in [3.05, 3.63) is 17.5 Å². The van der Waals surface area contributed by atoms with Gasteiger partial charge >= 0.3 is 0 Å². The van der Waals surface area contributed by atoms with Crippen LogP contribution < -0.4 is 5.73 Å². The number of hydrogen-bond acceptors (Lipinski definition) is 3. The summed E-state index contributed by atoms with van der Waals surface area (Å²) in [5.41, 5.74) is 7.51. The standard InChI is InChI=1S/C15H22N4O2/c1-18-9-12-11(5-2-6-13(12)17-18)15(21)19-7-3-4-10(8-19)14(16)20/h9-11H,2-8H2,1H3,(H2,16,20)/t10-,11-/m0/s1. The van der Waals surface area contributed by atoms with E-state index in [-0.39, 0.29) is 23.7 Å². The molecule has 2 atom stereocenters. The van der Waals surface area contributed by atoms with Gasteiger partial charge in [0, 0.05) is 31.9 Å². The Hall–Kier alpha value is -1.85. The number of carbonyl (C=O) groups is 2. The van der Waals surface area contributed by atoms with Crippen molar-refractivity contribution < 1.29 is 9.59 Å². The fraction of sp³-hybridized carbons (Fsp3) is 0.667. The third-order valence-corrected chi connectivity index (χ3v) is 4.65. The highest BCUT2D eigenvalue weighted by Crippen LogP contribution is 2.33. The topological polar surface area (TPSA) is 81.2 Å². The number of nitrogens with two attached hydrogens (primary N) is 1. The fourth-order valence-electron chi connectivity index (χ4n) is 3.55. The van der Waals surface area contributed by atoms with E-state index in [0.717, 1.165) is 49.9 Å². The van der Waals surface area contributed by atoms with Crippen LogP contribution in [0.4, 0.5) is 0 Å². The van der Waals surface area contributed by atoms with Crippen LogP contribution in [0.3, 0.4) is 0 Å². The van der Waals surface area contributed by atoms with Gasteiger partial charge in [-0.1, -0.05) is 0 Å². The quantitative estimate of drug-likeness (QED) is 0.864. The first-order valence-corrected chi connectivity index (χ1v) is 7.67. The summed E-state index contributed by atoms with van der Waals surface area (Å²) in [6.07, 6.45) is 6.42. The second kappa shape index (κ2) is 5.50. The van der Waals surface area contributed by atoms with E-state index in [1.165, 1.54) is 0 Å². The first-order valence-electron chi connectivity index (χ1n) is 7.67. The van der Waals surface area contributed by atoms with E-state index in [1.54, 1.807) is 4.68 Å². The minimum atomic E-state index is -0.293. The Labute approximate surface area is 124 Å². The van der Waals surface area contributed by atoms with Crippen molar-refractivity contribution in [2.75, 3.05) is 13.1 Å². The minimum absolute atomic E-state index is 0.103. The lowest BCUT2D eigenvalue weighted by Crippen LogP contribution is -2.46. The van der Waals surface area contributed by atoms with Gasteiger partial charge in [-0.05, 0) is 32.1 Å². The molecule has 2 amide bonds. The maximum Gasteiger partial charge on any atom is 0.230 e. The molecule has 2 heterocycles. The lowest BCUT2D eigenvalue weighted by molar-refractivity contribution is -0.136. The van der Waals surface area contributed by atoms with Crippen LogP contribution >= 0.6 is 0 Å². The number of piperidine rings is 1. The molecule has 3 rings (SSSR count). The average molecular weight is 290 g/mol. The third-order valence-electron chi connectivity index (χ3n) is 4.65. The van der Waals surface area contributed by atoms with Crippen molar-refractivity contribution in [2.45, 2.75) is 38.0 Å². The van der Waals surface area contributed by atoms with Crippen molar-refractivity contribution in [1.29, 1.82) is 0 Å². The monoisotopic (exact) mass is 290 g/mol. The Morgan fingerprint density at radius 1 is 1.33 bits per heavy atom. The molecular formula is C15H22N4O2. The van der Waals surface area contributed by atoms with E-state index < -0.39 is 0 Å². The number of aryl methyl sites for hydroxylation is 2. The maximum atomic E-state index is 12.8. The molecule has 0 unspecified atom stereocenters. The second-order valence-corrected chi connectivity index (χ2v) is 6.18. The van der Waals surface area contributed by atoms with Crippen molar-refractivity contribution in [2.24, 2.45) is 18.7 Å². The number of nitrogens with zero attached hydrogens (tertiary/aromatic N) is 3. The van der Waals surface area contributed by atoms with E-state index in [0.29, 0.717) is 6.54 Å². The Balaban J connectivity index is 1.78. The normalized spacial score (nSPS) is 25.5. The molecule has 114 valence electrons. The molecule has 0 bridgehead atoms. The van der Waals surface area contributed by atoms with Gasteiger partial charge in [0.1, 0.15) is 0 Å². The molecule has 1 aliphatic carbocycles. The molecule has 0 spiro atoms. The summed E-state index contributed by atoms with van der Waals surface area (Å²) < 4.78 is 1.79. The van der Waals surface area contributed by atoms with Crippen LogP contribution in [0.5, 0.6) is 0 Å². The molecule has 2 aliphatic rings. The molecule has 2 N–H and O–H groups in total. The van der Waals surface area contributed by atoms with Gasteiger partial charge < -0.3 is 10.6 Å². The van der Waals surface area contributed by atoms with Crippen molar-refractivity contribution in [3.8, 4) is 0 Å². The van der Waals surface area contributed by atoms with Crippen LogP contribution in [0.1, 0.15) is 42.9 Å². The molecule has 1 aromatic rings. The van der Waals surface area contributed by atoms with Crippen LogP contribution in [-0.2, 0) is 23.1 Å². The van der Waals surface area contributed by atoms with Crippen LogP contribution in [0.15, 0.2) is 6.20 Å². The molecule has 0 radical (unpaired) electrons. The van der Waals surface area contributed by atoms with Gasteiger partial charge in [0.15, 0.2) is 0 Å². The van der Waals surface area contributed by atoms with Crippen molar-refractivity contribution in [3.63, 3.8) is 0 Å². The van der Waals surface area contributed by atoms with Gasteiger partial charge in [-0.2, -0.15) is 5.10 Å². The first-order chi connectivity index (χ1) is 10.1. The molecule has 1 aliphatic heterocycles. The number of rotatable bonds is 2. The molecule has 0 aromatic carbocycles. The first kappa shape index (κ1) is 14.1. The third kappa shape index (κ3) is 2.66. The number of primary amides is 1. The zero-order valence-corrected chi connectivity index (χ0v) is 12.4.